The Morgan fingerprint density at radius 3 is 1.45 bits per heavy atom. The smallest absolute Gasteiger partial charge is 0.252 e. The number of anilines is 9. The molecule has 0 atom stereocenters. The van der Waals surface area contributed by atoms with Crippen LogP contribution < -0.4 is 31.1 Å². The third-order valence-corrected chi connectivity index (χ3v) is 18.5. The molecule has 9 aromatic rings. The van der Waals surface area contributed by atoms with Gasteiger partial charge in [0.05, 0.1) is 11.4 Å². The van der Waals surface area contributed by atoms with Crippen LogP contribution in [-0.2, 0) is 27.1 Å². The maximum atomic E-state index is 2.74. The van der Waals surface area contributed by atoms with Crippen LogP contribution in [0, 0.1) is 6.92 Å². The Hall–Kier alpha value is -7.56. The second-order valence-electron chi connectivity index (χ2n) is 26.8. The first-order valence-corrected chi connectivity index (χ1v) is 28.6. The summed E-state index contributed by atoms with van der Waals surface area (Å²) in [5.74, 6) is 0. The van der Waals surface area contributed by atoms with Crippen molar-refractivity contribution in [3.05, 3.63) is 228 Å². The zero-order chi connectivity index (χ0) is 54.3. The molecule has 2 aliphatic heterocycles. The molecular formula is C74H74BN3. The molecule has 0 aromatic heterocycles. The van der Waals surface area contributed by atoms with Crippen LogP contribution in [0.3, 0.4) is 0 Å². The summed E-state index contributed by atoms with van der Waals surface area (Å²) in [5, 5.41) is 0. The molecule has 0 fully saturated rings. The topological polar surface area (TPSA) is 9.72 Å². The largest absolute Gasteiger partial charge is 0.311 e. The van der Waals surface area contributed by atoms with Gasteiger partial charge < -0.3 is 14.7 Å². The van der Waals surface area contributed by atoms with E-state index in [1.54, 1.807) is 0 Å². The Bertz CT molecular complexity index is 3790. The molecule has 0 amide bonds. The van der Waals surface area contributed by atoms with Gasteiger partial charge in [0.25, 0.3) is 6.71 Å². The van der Waals surface area contributed by atoms with Crippen LogP contribution >= 0.6 is 0 Å². The number of rotatable bonds is 7. The molecule has 388 valence electrons. The van der Waals surface area contributed by atoms with E-state index < -0.39 is 0 Å². The molecule has 0 unspecified atom stereocenters. The number of fused-ring (bicyclic) bond motifs is 6. The minimum Gasteiger partial charge on any atom is -0.311 e. The number of nitrogens with zero attached hydrogens (tertiary/aromatic N) is 3. The van der Waals surface area contributed by atoms with Crippen LogP contribution in [0.1, 0.15) is 129 Å². The summed E-state index contributed by atoms with van der Waals surface area (Å²) in [7, 11) is 0. The molecule has 2 aliphatic carbocycles. The molecule has 0 N–H and O–H groups in total. The Kier molecular flexibility index (Phi) is 11.4. The fraction of sp³-hybridized carbons (Fsp3) is 0.270. The monoisotopic (exact) mass is 1020 g/mol. The molecule has 0 bridgehead atoms. The molecule has 0 spiro atoms. The molecule has 3 nitrogen and oxygen atoms in total. The standard InChI is InChI=1S/C74H74BN3/c1-48-39-57-60(74(11,12)47-73(57,9)10)45-65(48)78-66-46-59-58(71(5,6)37-38-72(59,7)8)44-62(66)75-61-40-51(49-25-17-13-18-26-49)33-35-64(61)77(63-36-34-52(70(2,3)4)41-56(63)50-27-19-14-20-28-50)67-42-55(43-68(78)69(67)75)76(53-29-21-15-22-30-53)54-31-23-16-24-32-54/h13-36,39-46H,37-38,47H2,1-12H3. The van der Waals surface area contributed by atoms with Gasteiger partial charge in [-0.1, -0.05) is 204 Å². The minimum absolute atomic E-state index is 0.000366. The molecule has 13 rings (SSSR count). The zero-order valence-electron chi connectivity index (χ0n) is 48.0. The number of aryl methyl sites for hydroxylation is 1. The highest BCUT2D eigenvalue weighted by Crippen LogP contribution is 2.56. The highest BCUT2D eigenvalue weighted by Gasteiger charge is 2.49. The first-order chi connectivity index (χ1) is 37.2. The van der Waals surface area contributed by atoms with Crippen molar-refractivity contribution in [1.82, 2.24) is 0 Å². The lowest BCUT2D eigenvalue weighted by Crippen LogP contribution is -2.62. The summed E-state index contributed by atoms with van der Waals surface area (Å²) in [5.41, 5.74) is 28.0. The van der Waals surface area contributed by atoms with Crippen molar-refractivity contribution in [2.24, 2.45) is 0 Å². The van der Waals surface area contributed by atoms with Crippen LogP contribution in [0.25, 0.3) is 22.3 Å². The van der Waals surface area contributed by atoms with E-state index in [0.717, 1.165) is 42.0 Å². The number of hydrogen-bond donors (Lipinski definition) is 0. The molecule has 78 heavy (non-hydrogen) atoms. The summed E-state index contributed by atoms with van der Waals surface area (Å²) in [6, 6.07) is 74.4. The van der Waals surface area contributed by atoms with Crippen molar-refractivity contribution >= 4 is 74.3 Å². The summed E-state index contributed by atoms with van der Waals surface area (Å²) in [6.07, 6.45) is 3.39. The molecule has 0 saturated carbocycles. The van der Waals surface area contributed by atoms with Gasteiger partial charge in [0.15, 0.2) is 0 Å². The Balaban J connectivity index is 1.22. The van der Waals surface area contributed by atoms with E-state index >= 15 is 0 Å². The summed E-state index contributed by atoms with van der Waals surface area (Å²) in [4.78, 5) is 7.87. The Morgan fingerprint density at radius 1 is 0.397 bits per heavy atom. The van der Waals surface area contributed by atoms with Gasteiger partial charge in [-0.05, 0) is 186 Å². The number of benzene rings is 9. The minimum atomic E-state index is -0.0858. The Labute approximate surface area is 465 Å². The molecule has 2 heterocycles. The third kappa shape index (κ3) is 7.99. The van der Waals surface area contributed by atoms with Crippen molar-refractivity contribution in [3.8, 4) is 22.3 Å². The van der Waals surface area contributed by atoms with E-state index in [1.165, 1.54) is 100 Å². The normalized spacial score (nSPS) is 16.9. The molecular weight excluding hydrogens is 942 g/mol. The molecule has 9 aromatic carbocycles. The summed E-state index contributed by atoms with van der Waals surface area (Å²) < 4.78 is 0. The average Bonchev–Trinajstić information content (AvgIpc) is 2.54. The number of hydrogen-bond acceptors (Lipinski definition) is 3. The first-order valence-electron chi connectivity index (χ1n) is 28.6. The van der Waals surface area contributed by atoms with Gasteiger partial charge in [-0.2, -0.15) is 0 Å². The quantitative estimate of drug-likeness (QED) is 0.147. The second kappa shape index (κ2) is 17.7. The van der Waals surface area contributed by atoms with Gasteiger partial charge in [-0.15, -0.1) is 0 Å². The molecule has 0 saturated heterocycles. The van der Waals surface area contributed by atoms with Gasteiger partial charge in [-0.3, -0.25) is 0 Å². The van der Waals surface area contributed by atoms with Crippen LogP contribution in [0.2, 0.25) is 0 Å². The van der Waals surface area contributed by atoms with Gasteiger partial charge in [0, 0.05) is 45.4 Å². The second-order valence-corrected chi connectivity index (χ2v) is 26.8. The lowest BCUT2D eigenvalue weighted by molar-refractivity contribution is 0.332. The highest BCUT2D eigenvalue weighted by atomic mass is 15.2. The number of para-hydroxylation sites is 2. The van der Waals surface area contributed by atoms with E-state index in [1.807, 2.05) is 0 Å². The maximum absolute atomic E-state index is 2.74. The predicted octanol–water partition coefficient (Wildman–Crippen LogP) is 18.5. The zero-order valence-corrected chi connectivity index (χ0v) is 48.0. The van der Waals surface area contributed by atoms with Crippen molar-refractivity contribution in [3.63, 3.8) is 0 Å². The van der Waals surface area contributed by atoms with E-state index in [-0.39, 0.29) is 33.8 Å². The van der Waals surface area contributed by atoms with E-state index in [9.17, 15) is 0 Å². The highest BCUT2D eigenvalue weighted by molar-refractivity contribution is 7.00. The SMILES string of the molecule is Cc1cc2c(cc1N1c3cc4c(cc3B3c5cc(-c6ccccc6)ccc5N(c5ccc(C(C)(C)C)cc5-c5ccccc5)c5cc(N(c6ccccc6)c6ccccc6)cc1c53)C(C)(C)CCC4(C)C)C(C)(C)CC2(C)C. The molecule has 4 heteroatoms. The van der Waals surface area contributed by atoms with Crippen molar-refractivity contribution in [2.45, 2.75) is 129 Å². The van der Waals surface area contributed by atoms with Gasteiger partial charge in [0.2, 0.25) is 0 Å². The lowest BCUT2D eigenvalue weighted by Gasteiger charge is -2.48. The summed E-state index contributed by atoms with van der Waals surface area (Å²) >= 11 is 0. The molecule has 4 aliphatic rings. The predicted molar refractivity (Wildman–Crippen MR) is 335 cm³/mol. The fourth-order valence-corrected chi connectivity index (χ4v) is 14.5. The van der Waals surface area contributed by atoms with Crippen molar-refractivity contribution in [2.75, 3.05) is 14.7 Å². The van der Waals surface area contributed by atoms with E-state index in [0.29, 0.717) is 0 Å². The third-order valence-electron chi connectivity index (χ3n) is 18.5. The van der Waals surface area contributed by atoms with Crippen LogP contribution in [0.4, 0.5) is 51.2 Å². The van der Waals surface area contributed by atoms with Crippen molar-refractivity contribution in [1.29, 1.82) is 0 Å². The average molecular weight is 1020 g/mol. The fourth-order valence-electron chi connectivity index (χ4n) is 14.5. The van der Waals surface area contributed by atoms with Crippen molar-refractivity contribution < 1.29 is 0 Å². The van der Waals surface area contributed by atoms with Crippen LogP contribution in [-0.4, -0.2) is 6.71 Å². The summed E-state index contributed by atoms with van der Waals surface area (Å²) in [6.45, 7) is 29.1. The first kappa shape index (κ1) is 50.0. The van der Waals surface area contributed by atoms with Gasteiger partial charge in [-0.25, -0.2) is 0 Å². The lowest BCUT2D eigenvalue weighted by atomic mass is 9.33. The Morgan fingerprint density at radius 2 is 0.872 bits per heavy atom. The van der Waals surface area contributed by atoms with E-state index in [2.05, 4.69) is 292 Å². The van der Waals surface area contributed by atoms with Gasteiger partial charge in [0.1, 0.15) is 0 Å². The van der Waals surface area contributed by atoms with Gasteiger partial charge >= 0.3 is 0 Å². The maximum Gasteiger partial charge on any atom is 0.252 e. The van der Waals surface area contributed by atoms with Crippen LogP contribution in [0.5, 0.6) is 0 Å². The van der Waals surface area contributed by atoms with Crippen LogP contribution in [0.15, 0.2) is 194 Å². The molecule has 0 radical (unpaired) electrons. The van der Waals surface area contributed by atoms with E-state index in [4.69, 9.17) is 0 Å².